The molecule has 1 atom stereocenters. The Morgan fingerprint density at radius 1 is 1.38 bits per heavy atom. The van der Waals surface area contributed by atoms with Crippen molar-refractivity contribution in [3.8, 4) is 0 Å². The standard InChI is InChI=1S/C9H13Br2N2/c1-12(2)8-3-5-13(6-4-8)9(11)7-10/h3-6,9H,7H2,1-2H3/q+1. The summed E-state index contributed by atoms with van der Waals surface area (Å²) in [7, 11) is 4.07. The fourth-order valence-corrected chi connectivity index (χ4v) is 1.60. The summed E-state index contributed by atoms with van der Waals surface area (Å²) >= 11 is 6.97. The van der Waals surface area contributed by atoms with Crippen LogP contribution in [0.3, 0.4) is 0 Å². The summed E-state index contributed by atoms with van der Waals surface area (Å²) in [6.07, 6.45) is 4.13. The van der Waals surface area contributed by atoms with Crippen LogP contribution in [0.4, 0.5) is 5.69 Å². The Balaban J connectivity index is 2.81. The van der Waals surface area contributed by atoms with Gasteiger partial charge in [0, 0.05) is 31.9 Å². The first-order valence-corrected chi connectivity index (χ1v) is 6.07. The van der Waals surface area contributed by atoms with Crippen molar-refractivity contribution < 1.29 is 4.57 Å². The van der Waals surface area contributed by atoms with E-state index in [1.165, 1.54) is 5.69 Å². The molecule has 0 N–H and O–H groups in total. The molecule has 1 unspecified atom stereocenters. The molecule has 2 nitrogen and oxygen atoms in total. The summed E-state index contributed by atoms with van der Waals surface area (Å²) in [6, 6.07) is 4.19. The lowest BCUT2D eigenvalue weighted by Crippen LogP contribution is -2.36. The fourth-order valence-electron chi connectivity index (χ4n) is 0.995. The summed E-state index contributed by atoms with van der Waals surface area (Å²) in [4.78, 5) is 2.41. The molecule has 1 heterocycles. The molecule has 4 heteroatoms. The molecule has 1 aromatic heterocycles. The van der Waals surface area contributed by atoms with E-state index in [0.717, 1.165) is 5.33 Å². The molecule has 13 heavy (non-hydrogen) atoms. The van der Waals surface area contributed by atoms with Crippen molar-refractivity contribution >= 4 is 37.5 Å². The Bertz CT molecular complexity index is 259. The van der Waals surface area contributed by atoms with Gasteiger partial charge in [0.05, 0.1) is 5.33 Å². The first kappa shape index (κ1) is 11.0. The third kappa shape index (κ3) is 2.95. The van der Waals surface area contributed by atoms with Crippen LogP contribution in [0.25, 0.3) is 0 Å². The van der Waals surface area contributed by atoms with Crippen LogP contribution in [0.15, 0.2) is 24.5 Å². The molecule has 0 saturated heterocycles. The van der Waals surface area contributed by atoms with Crippen molar-refractivity contribution in [1.29, 1.82) is 0 Å². The third-order valence-electron chi connectivity index (χ3n) is 1.80. The quantitative estimate of drug-likeness (QED) is 0.614. The van der Waals surface area contributed by atoms with Crippen LogP contribution in [-0.4, -0.2) is 19.4 Å². The number of halogens is 2. The number of anilines is 1. The molecule has 1 rings (SSSR count). The lowest BCUT2D eigenvalue weighted by atomic mass is 10.4. The van der Waals surface area contributed by atoms with Gasteiger partial charge >= 0.3 is 0 Å². The summed E-state index contributed by atoms with van der Waals surface area (Å²) in [5.41, 5.74) is 1.21. The highest BCUT2D eigenvalue weighted by Gasteiger charge is 2.11. The van der Waals surface area contributed by atoms with E-state index < -0.39 is 0 Å². The predicted molar refractivity (Wildman–Crippen MR) is 62.7 cm³/mol. The first-order chi connectivity index (χ1) is 6.15. The molecule has 0 aliphatic heterocycles. The largest absolute Gasteiger partial charge is 0.377 e. The molecule has 1 aromatic rings. The smallest absolute Gasteiger partial charge is 0.221 e. The number of hydrogen-bond acceptors (Lipinski definition) is 1. The van der Waals surface area contributed by atoms with Gasteiger partial charge in [0.15, 0.2) is 12.4 Å². The monoisotopic (exact) mass is 307 g/mol. The Hall–Kier alpha value is -0.0900. The minimum atomic E-state index is 0.323. The molecule has 0 spiro atoms. The van der Waals surface area contributed by atoms with E-state index in [1.54, 1.807) is 0 Å². The Kier molecular flexibility index (Phi) is 4.19. The summed E-state index contributed by atoms with van der Waals surface area (Å²) < 4.78 is 2.11. The third-order valence-corrected chi connectivity index (χ3v) is 4.08. The zero-order chi connectivity index (χ0) is 9.84. The van der Waals surface area contributed by atoms with Gasteiger partial charge in [0.1, 0.15) is 0 Å². The average molecular weight is 309 g/mol. The van der Waals surface area contributed by atoms with Crippen LogP contribution in [-0.2, 0) is 0 Å². The van der Waals surface area contributed by atoms with Gasteiger partial charge in [-0.05, 0) is 15.9 Å². The van der Waals surface area contributed by atoms with Gasteiger partial charge in [-0.15, -0.1) is 0 Å². The van der Waals surface area contributed by atoms with Crippen LogP contribution in [0.1, 0.15) is 4.95 Å². The lowest BCUT2D eigenvalue weighted by Gasteiger charge is -2.11. The molecule has 0 saturated carbocycles. The van der Waals surface area contributed by atoms with Crippen molar-refractivity contribution in [2.24, 2.45) is 0 Å². The SMILES string of the molecule is CN(C)c1cc[n+](C(Br)CBr)cc1. The lowest BCUT2D eigenvalue weighted by molar-refractivity contribution is -0.693. The van der Waals surface area contributed by atoms with Crippen molar-refractivity contribution in [2.45, 2.75) is 4.95 Å². The Morgan fingerprint density at radius 2 is 1.92 bits per heavy atom. The highest BCUT2D eigenvalue weighted by Crippen LogP contribution is 2.12. The fraction of sp³-hybridized carbons (Fsp3) is 0.444. The second kappa shape index (κ2) is 4.96. The normalized spacial score (nSPS) is 12.6. The Labute approximate surface area is 95.8 Å². The molecule has 0 amide bonds. The molecule has 0 aliphatic rings. The highest BCUT2D eigenvalue weighted by atomic mass is 79.9. The van der Waals surface area contributed by atoms with E-state index in [-0.39, 0.29) is 0 Å². The molecule has 72 valence electrons. The second-order valence-electron chi connectivity index (χ2n) is 2.99. The zero-order valence-electron chi connectivity index (χ0n) is 7.74. The summed E-state index contributed by atoms with van der Waals surface area (Å²) in [6.45, 7) is 0. The number of rotatable bonds is 3. The molecular formula is C9H13Br2N2+. The summed E-state index contributed by atoms with van der Waals surface area (Å²) in [5, 5.41) is 0.902. The van der Waals surface area contributed by atoms with Gasteiger partial charge in [-0.3, -0.25) is 0 Å². The maximum Gasteiger partial charge on any atom is 0.221 e. The van der Waals surface area contributed by atoms with E-state index in [2.05, 4.69) is 65.9 Å². The number of nitrogens with zero attached hydrogens (tertiary/aromatic N) is 2. The maximum atomic E-state index is 3.55. The van der Waals surface area contributed by atoms with Crippen molar-refractivity contribution in [3.05, 3.63) is 24.5 Å². The topological polar surface area (TPSA) is 7.12 Å². The number of hydrogen-bond donors (Lipinski definition) is 0. The van der Waals surface area contributed by atoms with Crippen molar-refractivity contribution in [3.63, 3.8) is 0 Å². The van der Waals surface area contributed by atoms with Crippen molar-refractivity contribution in [1.82, 2.24) is 0 Å². The average Bonchev–Trinajstić information content (AvgIpc) is 2.17. The Morgan fingerprint density at radius 3 is 2.31 bits per heavy atom. The number of alkyl halides is 2. The van der Waals surface area contributed by atoms with Crippen LogP contribution in [0.5, 0.6) is 0 Å². The van der Waals surface area contributed by atoms with Gasteiger partial charge in [0.2, 0.25) is 4.95 Å². The van der Waals surface area contributed by atoms with E-state index >= 15 is 0 Å². The highest BCUT2D eigenvalue weighted by molar-refractivity contribution is 9.11. The molecule has 0 aliphatic carbocycles. The second-order valence-corrected chi connectivity index (χ2v) is 4.69. The minimum Gasteiger partial charge on any atom is -0.377 e. The van der Waals surface area contributed by atoms with Gasteiger partial charge in [0.25, 0.3) is 0 Å². The number of aromatic nitrogens is 1. The van der Waals surface area contributed by atoms with E-state index in [9.17, 15) is 0 Å². The van der Waals surface area contributed by atoms with Crippen LogP contribution in [0.2, 0.25) is 0 Å². The minimum absolute atomic E-state index is 0.323. The maximum absolute atomic E-state index is 3.55. The van der Waals surface area contributed by atoms with Gasteiger partial charge in [-0.25, -0.2) is 0 Å². The van der Waals surface area contributed by atoms with E-state index in [4.69, 9.17) is 0 Å². The zero-order valence-corrected chi connectivity index (χ0v) is 10.9. The number of pyridine rings is 1. The van der Waals surface area contributed by atoms with Crippen LogP contribution < -0.4 is 9.47 Å². The molecule has 0 radical (unpaired) electrons. The van der Waals surface area contributed by atoms with Gasteiger partial charge in [-0.2, -0.15) is 4.57 Å². The van der Waals surface area contributed by atoms with Crippen molar-refractivity contribution in [2.75, 3.05) is 24.3 Å². The van der Waals surface area contributed by atoms with Gasteiger partial charge < -0.3 is 4.90 Å². The molecular weight excluding hydrogens is 296 g/mol. The molecule has 0 fully saturated rings. The van der Waals surface area contributed by atoms with E-state index in [0.29, 0.717) is 4.95 Å². The van der Waals surface area contributed by atoms with Crippen LogP contribution >= 0.6 is 31.9 Å². The first-order valence-electron chi connectivity index (χ1n) is 4.03. The predicted octanol–water partition coefficient (Wildman–Crippen LogP) is 2.33. The molecule has 0 aromatic carbocycles. The summed E-state index contributed by atoms with van der Waals surface area (Å²) in [5.74, 6) is 0. The van der Waals surface area contributed by atoms with E-state index in [1.807, 2.05) is 14.1 Å². The van der Waals surface area contributed by atoms with Crippen LogP contribution in [0, 0.1) is 0 Å². The van der Waals surface area contributed by atoms with Gasteiger partial charge in [-0.1, -0.05) is 15.9 Å². The molecule has 0 bridgehead atoms.